The molecule has 2 rings (SSSR count). The lowest BCUT2D eigenvalue weighted by Crippen LogP contribution is -2.29. The molecule has 0 radical (unpaired) electrons. The van der Waals surface area contributed by atoms with E-state index in [1.54, 1.807) is 12.1 Å². The molecule has 5 nitrogen and oxygen atoms in total. The average Bonchev–Trinajstić information content (AvgIpc) is 2.84. The number of aromatic nitrogens is 2. The van der Waals surface area contributed by atoms with E-state index in [4.69, 9.17) is 11.6 Å². The van der Waals surface area contributed by atoms with Gasteiger partial charge in [-0.15, -0.1) is 11.3 Å². The molecule has 0 unspecified atom stereocenters. The van der Waals surface area contributed by atoms with Gasteiger partial charge in [0.2, 0.25) is 0 Å². The minimum atomic E-state index is -3.63. The largest absolute Gasteiger partial charge is 0.309 e. The minimum absolute atomic E-state index is 0.232. The van der Waals surface area contributed by atoms with E-state index in [0.29, 0.717) is 10.0 Å². The molecule has 0 fully saturated rings. The first-order chi connectivity index (χ1) is 8.34. The standard InChI is InChI=1S/C9H9BrClN3O2S2/c1-13(2)18(15,16)14-6(5-12-9(14)10)7-3-4-8(11)17-7/h3-5H,1-2H3. The summed E-state index contributed by atoms with van der Waals surface area (Å²) in [4.78, 5) is 4.73. The summed E-state index contributed by atoms with van der Waals surface area (Å²) in [6, 6.07) is 3.48. The summed E-state index contributed by atoms with van der Waals surface area (Å²) in [6.45, 7) is 0. The van der Waals surface area contributed by atoms with E-state index in [0.717, 1.165) is 13.2 Å². The van der Waals surface area contributed by atoms with E-state index in [9.17, 15) is 8.42 Å². The van der Waals surface area contributed by atoms with Crippen molar-refractivity contribution in [2.24, 2.45) is 0 Å². The van der Waals surface area contributed by atoms with Gasteiger partial charge in [-0.05, 0) is 28.1 Å². The van der Waals surface area contributed by atoms with Crippen LogP contribution in [0, 0.1) is 0 Å². The highest BCUT2D eigenvalue weighted by Gasteiger charge is 2.24. The van der Waals surface area contributed by atoms with Crippen LogP contribution in [0.3, 0.4) is 0 Å². The first kappa shape index (κ1) is 14.0. The summed E-state index contributed by atoms with van der Waals surface area (Å²) in [5.41, 5.74) is 0.479. The van der Waals surface area contributed by atoms with Gasteiger partial charge in [0.15, 0.2) is 4.73 Å². The predicted octanol–water partition coefficient (Wildman–Crippen LogP) is 2.68. The second kappa shape index (κ2) is 4.93. The number of halogens is 2. The lowest BCUT2D eigenvalue weighted by Gasteiger charge is -2.14. The fourth-order valence-corrected chi connectivity index (χ4v) is 4.22. The zero-order valence-electron chi connectivity index (χ0n) is 9.46. The predicted molar refractivity (Wildman–Crippen MR) is 76.3 cm³/mol. The summed E-state index contributed by atoms with van der Waals surface area (Å²) < 4.78 is 27.5. The lowest BCUT2D eigenvalue weighted by atomic mass is 10.4. The lowest BCUT2D eigenvalue weighted by molar-refractivity contribution is 0.510. The Morgan fingerprint density at radius 2 is 2.11 bits per heavy atom. The highest BCUT2D eigenvalue weighted by Crippen LogP contribution is 2.33. The number of thiophene rings is 1. The maximum atomic E-state index is 12.2. The summed E-state index contributed by atoms with van der Waals surface area (Å²) in [7, 11) is -0.699. The van der Waals surface area contributed by atoms with Crippen LogP contribution >= 0.6 is 38.9 Å². The molecular formula is C9H9BrClN3O2S2. The fraction of sp³-hybridized carbons (Fsp3) is 0.222. The van der Waals surface area contributed by atoms with Gasteiger partial charge in [0.25, 0.3) is 0 Å². The summed E-state index contributed by atoms with van der Waals surface area (Å²) in [5, 5.41) is 0. The molecule has 18 heavy (non-hydrogen) atoms. The van der Waals surface area contributed by atoms with Crippen molar-refractivity contribution in [3.05, 3.63) is 27.4 Å². The van der Waals surface area contributed by atoms with Crippen LogP contribution in [0.1, 0.15) is 0 Å². The highest BCUT2D eigenvalue weighted by atomic mass is 79.9. The molecule has 0 aliphatic heterocycles. The normalized spacial score (nSPS) is 12.3. The topological polar surface area (TPSA) is 55.2 Å². The van der Waals surface area contributed by atoms with Crippen molar-refractivity contribution in [3.8, 4) is 10.6 Å². The molecule has 0 spiro atoms. The average molecular weight is 371 g/mol. The molecule has 2 aromatic rings. The van der Waals surface area contributed by atoms with Crippen molar-refractivity contribution < 1.29 is 8.42 Å². The van der Waals surface area contributed by atoms with Crippen molar-refractivity contribution in [2.75, 3.05) is 14.1 Å². The third-order valence-electron chi connectivity index (χ3n) is 2.20. The Labute approximate surface area is 122 Å². The number of imidazole rings is 1. The summed E-state index contributed by atoms with van der Waals surface area (Å²) >= 11 is 10.3. The van der Waals surface area contributed by atoms with Gasteiger partial charge in [0.05, 0.1) is 21.1 Å². The molecule has 0 aromatic carbocycles. The molecule has 0 saturated carbocycles. The molecule has 0 N–H and O–H groups in total. The minimum Gasteiger partial charge on any atom is -0.229 e. The van der Waals surface area contributed by atoms with Gasteiger partial charge < -0.3 is 0 Å². The van der Waals surface area contributed by atoms with Gasteiger partial charge in [-0.25, -0.2) is 4.98 Å². The van der Waals surface area contributed by atoms with Crippen LogP contribution in [0.25, 0.3) is 10.6 Å². The molecule has 0 saturated heterocycles. The molecule has 2 heterocycles. The van der Waals surface area contributed by atoms with Crippen molar-refractivity contribution in [1.82, 2.24) is 13.3 Å². The number of hydrogen-bond acceptors (Lipinski definition) is 4. The van der Waals surface area contributed by atoms with Crippen LogP contribution in [0.4, 0.5) is 0 Å². The first-order valence-electron chi connectivity index (χ1n) is 4.76. The van der Waals surface area contributed by atoms with Crippen LogP contribution in [-0.2, 0) is 10.2 Å². The van der Waals surface area contributed by atoms with Crippen LogP contribution in [0.2, 0.25) is 4.34 Å². The van der Waals surface area contributed by atoms with E-state index < -0.39 is 10.2 Å². The Hall–Kier alpha value is -0.410. The van der Waals surface area contributed by atoms with E-state index >= 15 is 0 Å². The Bertz CT molecular complexity index is 678. The van der Waals surface area contributed by atoms with E-state index in [-0.39, 0.29) is 4.73 Å². The van der Waals surface area contributed by atoms with Crippen LogP contribution in [0.5, 0.6) is 0 Å². The van der Waals surface area contributed by atoms with Crippen molar-refractivity contribution in [1.29, 1.82) is 0 Å². The van der Waals surface area contributed by atoms with Crippen molar-refractivity contribution in [2.45, 2.75) is 0 Å². The van der Waals surface area contributed by atoms with Crippen molar-refractivity contribution in [3.63, 3.8) is 0 Å². The number of rotatable bonds is 3. The number of hydrogen-bond donors (Lipinski definition) is 0. The third kappa shape index (κ3) is 2.35. The third-order valence-corrected chi connectivity index (χ3v) is 6.00. The van der Waals surface area contributed by atoms with Gasteiger partial charge in [0, 0.05) is 14.1 Å². The molecule has 0 amide bonds. The Morgan fingerprint density at radius 3 is 2.61 bits per heavy atom. The molecule has 0 aliphatic carbocycles. The maximum Gasteiger partial charge on any atom is 0.309 e. The quantitative estimate of drug-likeness (QED) is 0.834. The molecule has 9 heteroatoms. The summed E-state index contributed by atoms with van der Waals surface area (Å²) in [6.07, 6.45) is 1.49. The number of nitrogens with zero attached hydrogens (tertiary/aromatic N) is 3. The zero-order chi connectivity index (χ0) is 13.5. The first-order valence-corrected chi connectivity index (χ1v) is 8.14. The Kier molecular flexibility index (Phi) is 3.84. The SMILES string of the molecule is CN(C)S(=O)(=O)n1c(-c2ccc(Cl)s2)cnc1Br. The van der Waals surface area contributed by atoms with Crippen LogP contribution in [0.15, 0.2) is 23.1 Å². The molecular weight excluding hydrogens is 362 g/mol. The zero-order valence-corrected chi connectivity index (χ0v) is 13.4. The monoisotopic (exact) mass is 369 g/mol. The Morgan fingerprint density at radius 1 is 1.44 bits per heavy atom. The Balaban J connectivity index is 2.66. The summed E-state index contributed by atoms with van der Waals surface area (Å²) in [5.74, 6) is 0. The molecule has 98 valence electrons. The molecule has 0 aliphatic rings. The second-order valence-electron chi connectivity index (χ2n) is 3.57. The highest BCUT2D eigenvalue weighted by molar-refractivity contribution is 9.10. The van der Waals surface area contributed by atoms with Gasteiger partial charge in [-0.1, -0.05) is 11.6 Å². The van der Waals surface area contributed by atoms with Gasteiger partial charge in [-0.3, -0.25) is 0 Å². The van der Waals surface area contributed by atoms with Crippen molar-refractivity contribution >= 4 is 49.1 Å². The second-order valence-corrected chi connectivity index (χ2v) is 7.99. The molecule has 0 bridgehead atoms. The molecule has 2 aromatic heterocycles. The van der Waals surface area contributed by atoms with E-state index in [1.165, 1.54) is 31.6 Å². The smallest absolute Gasteiger partial charge is 0.229 e. The van der Waals surface area contributed by atoms with Gasteiger partial charge in [0.1, 0.15) is 0 Å². The maximum absolute atomic E-state index is 12.2. The van der Waals surface area contributed by atoms with Gasteiger partial charge in [-0.2, -0.15) is 16.7 Å². The molecule has 0 atom stereocenters. The van der Waals surface area contributed by atoms with Crippen LogP contribution in [-0.4, -0.2) is 35.8 Å². The van der Waals surface area contributed by atoms with E-state index in [2.05, 4.69) is 20.9 Å². The van der Waals surface area contributed by atoms with Crippen LogP contribution < -0.4 is 0 Å². The van der Waals surface area contributed by atoms with Gasteiger partial charge >= 0.3 is 10.2 Å². The fourth-order valence-electron chi connectivity index (χ4n) is 1.32. The van der Waals surface area contributed by atoms with E-state index in [1.807, 2.05) is 0 Å².